The molecule has 0 radical (unpaired) electrons. The third-order valence-electron chi connectivity index (χ3n) is 0.530. The zero-order chi connectivity index (χ0) is 7.44. The molecule has 0 heterocycles. The lowest BCUT2D eigenvalue weighted by molar-refractivity contribution is -0.149. The molecule has 0 aromatic carbocycles. The third kappa shape index (κ3) is 4.39. The molecule has 0 saturated carbocycles. The molecule has 0 spiro atoms. The zero-order valence-electron chi connectivity index (χ0n) is 5.23. The maximum absolute atomic E-state index is 11.9. The third-order valence-corrected chi connectivity index (χ3v) is 0.904. The molecule has 4 heteroatoms. The monoisotopic (exact) mass is 198 g/mol. The first kappa shape index (κ1) is 8.88. The van der Waals surface area contributed by atoms with Crippen LogP contribution in [0.4, 0.5) is 4.39 Å². The van der Waals surface area contributed by atoms with Gasteiger partial charge in [0.25, 0.3) is 5.08 Å². The van der Waals surface area contributed by atoms with E-state index in [2.05, 4.69) is 20.7 Å². The molecule has 0 N–H and O–H groups in total. The number of rotatable bonds is 2. The molecule has 0 aliphatic carbocycles. The summed E-state index contributed by atoms with van der Waals surface area (Å²) in [5, 5.41) is -1.69. The van der Waals surface area contributed by atoms with Crippen LogP contribution in [0, 0.1) is 0 Å². The quantitative estimate of drug-likeness (QED) is 0.499. The number of ether oxygens (including phenoxy) is 1. The summed E-state index contributed by atoms with van der Waals surface area (Å²) in [6, 6.07) is 0. The molecule has 1 atom stereocenters. The SMILES string of the molecule is CC(C)OC(=O)C(F)Br. The van der Waals surface area contributed by atoms with Gasteiger partial charge >= 0.3 is 5.97 Å². The Morgan fingerprint density at radius 3 is 2.22 bits per heavy atom. The van der Waals surface area contributed by atoms with Gasteiger partial charge < -0.3 is 4.74 Å². The van der Waals surface area contributed by atoms with Crippen LogP contribution in [0.3, 0.4) is 0 Å². The molecule has 2 nitrogen and oxygen atoms in total. The number of carbonyl (C=O) groups is 1. The van der Waals surface area contributed by atoms with Crippen molar-refractivity contribution in [2.45, 2.75) is 25.0 Å². The Kier molecular flexibility index (Phi) is 3.77. The minimum atomic E-state index is -1.69. The minimum Gasteiger partial charge on any atom is -0.460 e. The van der Waals surface area contributed by atoms with Crippen molar-refractivity contribution in [1.29, 1.82) is 0 Å². The van der Waals surface area contributed by atoms with Gasteiger partial charge in [0.05, 0.1) is 6.10 Å². The summed E-state index contributed by atoms with van der Waals surface area (Å²) in [7, 11) is 0. The zero-order valence-corrected chi connectivity index (χ0v) is 6.81. The van der Waals surface area contributed by atoms with Crippen molar-refractivity contribution in [1.82, 2.24) is 0 Å². The van der Waals surface area contributed by atoms with Gasteiger partial charge in [-0.3, -0.25) is 0 Å². The number of alkyl halides is 2. The van der Waals surface area contributed by atoms with Gasteiger partial charge in [0.15, 0.2) is 0 Å². The molecular formula is C5H8BrFO2. The molecular weight excluding hydrogens is 191 g/mol. The van der Waals surface area contributed by atoms with Crippen LogP contribution in [0.2, 0.25) is 0 Å². The molecule has 0 aromatic heterocycles. The molecule has 0 fully saturated rings. The Balaban J connectivity index is 3.51. The van der Waals surface area contributed by atoms with Gasteiger partial charge in [-0.05, 0) is 29.8 Å². The van der Waals surface area contributed by atoms with E-state index in [1.165, 1.54) is 0 Å². The van der Waals surface area contributed by atoms with Crippen LogP contribution in [-0.2, 0) is 9.53 Å². The Labute approximate surface area is 61.5 Å². The van der Waals surface area contributed by atoms with Crippen molar-refractivity contribution < 1.29 is 13.9 Å². The molecule has 0 aromatic rings. The van der Waals surface area contributed by atoms with Gasteiger partial charge in [-0.1, -0.05) is 0 Å². The van der Waals surface area contributed by atoms with Crippen LogP contribution in [0.25, 0.3) is 0 Å². The van der Waals surface area contributed by atoms with E-state index in [0.29, 0.717) is 0 Å². The van der Waals surface area contributed by atoms with Crippen molar-refractivity contribution >= 4 is 21.9 Å². The average Bonchev–Trinajstić information content (AvgIpc) is 1.63. The molecule has 54 valence electrons. The summed E-state index contributed by atoms with van der Waals surface area (Å²) < 4.78 is 16.3. The van der Waals surface area contributed by atoms with E-state index in [4.69, 9.17) is 0 Å². The molecule has 1 unspecified atom stereocenters. The van der Waals surface area contributed by atoms with Crippen LogP contribution >= 0.6 is 15.9 Å². The number of hydrogen-bond acceptors (Lipinski definition) is 2. The maximum Gasteiger partial charge on any atom is 0.352 e. The smallest absolute Gasteiger partial charge is 0.352 e. The van der Waals surface area contributed by atoms with E-state index in [0.717, 1.165) is 0 Å². The predicted molar refractivity (Wildman–Crippen MR) is 35.1 cm³/mol. The fraction of sp³-hybridized carbons (Fsp3) is 0.800. The molecule has 0 amide bonds. The van der Waals surface area contributed by atoms with E-state index in [1.54, 1.807) is 13.8 Å². The van der Waals surface area contributed by atoms with E-state index < -0.39 is 11.1 Å². The van der Waals surface area contributed by atoms with Crippen molar-refractivity contribution in [3.63, 3.8) is 0 Å². The molecule has 0 bridgehead atoms. The van der Waals surface area contributed by atoms with E-state index in [1.807, 2.05) is 0 Å². The van der Waals surface area contributed by atoms with Gasteiger partial charge in [-0.2, -0.15) is 0 Å². The van der Waals surface area contributed by atoms with E-state index >= 15 is 0 Å². The van der Waals surface area contributed by atoms with Crippen molar-refractivity contribution in [3.05, 3.63) is 0 Å². The lowest BCUT2D eigenvalue weighted by Gasteiger charge is -2.06. The average molecular weight is 199 g/mol. The standard InChI is InChI=1S/C5H8BrFO2/c1-3(2)9-5(8)4(6)7/h3-4H,1-2H3. The predicted octanol–water partition coefficient (Wildman–Crippen LogP) is 1.63. The molecule has 0 aliphatic heterocycles. The first-order valence-electron chi connectivity index (χ1n) is 2.52. The summed E-state index contributed by atoms with van der Waals surface area (Å²) in [4.78, 5) is 10.3. The van der Waals surface area contributed by atoms with Gasteiger partial charge in [-0.25, -0.2) is 9.18 Å². The van der Waals surface area contributed by atoms with Gasteiger partial charge in [0.1, 0.15) is 0 Å². The van der Waals surface area contributed by atoms with Gasteiger partial charge in [0.2, 0.25) is 0 Å². The minimum absolute atomic E-state index is 0.256. The number of carbonyl (C=O) groups excluding carboxylic acids is 1. The topological polar surface area (TPSA) is 26.3 Å². The normalized spacial score (nSPS) is 13.4. The summed E-state index contributed by atoms with van der Waals surface area (Å²) in [5.74, 6) is -0.870. The Morgan fingerprint density at radius 2 is 2.11 bits per heavy atom. The van der Waals surface area contributed by atoms with Crippen LogP contribution in [0.5, 0.6) is 0 Å². The molecule has 0 saturated heterocycles. The van der Waals surface area contributed by atoms with Crippen LogP contribution in [0.1, 0.15) is 13.8 Å². The van der Waals surface area contributed by atoms with Gasteiger partial charge in [-0.15, -0.1) is 0 Å². The van der Waals surface area contributed by atoms with Crippen molar-refractivity contribution in [2.24, 2.45) is 0 Å². The lowest BCUT2D eigenvalue weighted by atomic mass is 10.5. The number of esters is 1. The van der Waals surface area contributed by atoms with E-state index in [9.17, 15) is 9.18 Å². The summed E-state index contributed by atoms with van der Waals surface area (Å²) in [5.41, 5.74) is 0. The highest BCUT2D eigenvalue weighted by molar-refractivity contribution is 9.09. The van der Waals surface area contributed by atoms with Crippen molar-refractivity contribution in [3.8, 4) is 0 Å². The second-order valence-corrected chi connectivity index (χ2v) is 2.59. The second-order valence-electron chi connectivity index (χ2n) is 1.79. The van der Waals surface area contributed by atoms with Crippen molar-refractivity contribution in [2.75, 3.05) is 0 Å². The highest BCUT2D eigenvalue weighted by atomic mass is 79.9. The maximum atomic E-state index is 11.9. The van der Waals surface area contributed by atoms with E-state index in [-0.39, 0.29) is 6.10 Å². The molecule has 0 rings (SSSR count). The largest absolute Gasteiger partial charge is 0.460 e. The fourth-order valence-electron chi connectivity index (χ4n) is 0.284. The van der Waals surface area contributed by atoms with Crippen LogP contribution in [-0.4, -0.2) is 17.2 Å². The van der Waals surface area contributed by atoms with Crippen LogP contribution in [0.15, 0.2) is 0 Å². The Morgan fingerprint density at radius 1 is 1.67 bits per heavy atom. The summed E-state index contributed by atoms with van der Waals surface area (Å²) in [6.07, 6.45) is -0.256. The fourth-order valence-corrected chi connectivity index (χ4v) is 0.392. The van der Waals surface area contributed by atoms with Gasteiger partial charge in [0, 0.05) is 0 Å². The Bertz CT molecular complexity index is 103. The first-order valence-corrected chi connectivity index (χ1v) is 3.44. The summed E-state index contributed by atoms with van der Waals surface area (Å²) >= 11 is 2.43. The highest BCUT2D eigenvalue weighted by Crippen LogP contribution is 2.04. The highest BCUT2D eigenvalue weighted by Gasteiger charge is 2.14. The Hall–Kier alpha value is -0.120. The van der Waals surface area contributed by atoms with Crippen LogP contribution < -0.4 is 0 Å². The number of hydrogen-bond donors (Lipinski definition) is 0. The first-order chi connectivity index (χ1) is 4.04. The lowest BCUT2D eigenvalue weighted by Crippen LogP contribution is -2.17. The summed E-state index contributed by atoms with van der Waals surface area (Å²) in [6.45, 7) is 3.32. The molecule has 0 aliphatic rings. The number of halogens is 2. The second kappa shape index (κ2) is 3.82. The molecule has 9 heavy (non-hydrogen) atoms.